The highest BCUT2D eigenvalue weighted by atomic mass is 19.4. The van der Waals surface area contributed by atoms with Crippen LogP contribution in [0.5, 0.6) is 0 Å². The molecule has 8 nitrogen and oxygen atoms in total. The molecule has 1 aromatic heterocycles. The van der Waals surface area contributed by atoms with Crippen molar-refractivity contribution in [1.29, 1.82) is 0 Å². The molecule has 42 heavy (non-hydrogen) atoms. The van der Waals surface area contributed by atoms with E-state index >= 15 is 0 Å². The summed E-state index contributed by atoms with van der Waals surface area (Å²) < 4.78 is 43.0. The van der Waals surface area contributed by atoms with Gasteiger partial charge in [0.05, 0.1) is 17.5 Å². The van der Waals surface area contributed by atoms with Crippen molar-refractivity contribution in [3.05, 3.63) is 89.0 Å². The molecule has 0 unspecified atom stereocenters. The first kappa shape index (κ1) is 28.1. The van der Waals surface area contributed by atoms with Crippen molar-refractivity contribution in [2.75, 3.05) is 24.5 Å². The first-order valence-electron chi connectivity index (χ1n) is 14.2. The minimum atomic E-state index is -4.62. The van der Waals surface area contributed by atoms with Crippen LogP contribution < -0.4 is 10.2 Å². The molecule has 3 aliphatic rings. The summed E-state index contributed by atoms with van der Waals surface area (Å²) in [6, 6.07) is 9.81. The summed E-state index contributed by atoms with van der Waals surface area (Å²) in [5.41, 5.74) is 0.822. The van der Waals surface area contributed by atoms with Gasteiger partial charge in [-0.1, -0.05) is 25.6 Å². The topological polar surface area (TPSA) is 94.2 Å². The minimum Gasteiger partial charge on any atom is -0.338 e. The van der Waals surface area contributed by atoms with Crippen LogP contribution in [-0.4, -0.2) is 51.5 Å². The molecular weight excluding hydrogens is 545 g/mol. The lowest BCUT2D eigenvalue weighted by Gasteiger charge is -2.45. The van der Waals surface area contributed by atoms with E-state index in [0.29, 0.717) is 36.8 Å². The predicted molar refractivity (Wildman–Crippen MR) is 151 cm³/mol. The number of benzene rings is 2. The molecule has 11 heteroatoms. The number of rotatable bonds is 8. The lowest BCUT2D eigenvalue weighted by molar-refractivity contribution is -0.138. The zero-order valence-corrected chi connectivity index (χ0v) is 23.5. The zero-order valence-electron chi connectivity index (χ0n) is 23.5. The summed E-state index contributed by atoms with van der Waals surface area (Å²) in [6.07, 6.45) is -0.156. The standard InChI is InChI=1S/C31H33F3N6O2/c1-4-27(41)39-14-20(15-39)13-35-19(3)21-8-24-25(26(9-21)31(32,33)34)16-40(28(24)42)23-7-5-6-22(10-23)30(11-18(2)12-30)29-36-17-37-38-29/h4-10,17-20,35H,1,11-16H2,2-3H3,(H,36,37,38)/t18?,19-,30?/m1/s1. The van der Waals surface area contributed by atoms with Crippen molar-refractivity contribution in [3.63, 3.8) is 0 Å². The number of aromatic amines is 1. The zero-order chi connectivity index (χ0) is 29.8. The number of hydrogen-bond donors (Lipinski definition) is 2. The second-order valence-corrected chi connectivity index (χ2v) is 11.9. The molecule has 1 saturated heterocycles. The number of likely N-dealkylation sites (tertiary alicyclic amines) is 1. The van der Waals surface area contributed by atoms with Crippen LogP contribution in [0.2, 0.25) is 0 Å². The molecule has 2 aromatic carbocycles. The minimum absolute atomic E-state index is 0.00589. The van der Waals surface area contributed by atoms with Crippen LogP contribution in [0.4, 0.5) is 18.9 Å². The van der Waals surface area contributed by atoms with Gasteiger partial charge in [-0.25, -0.2) is 4.98 Å². The monoisotopic (exact) mass is 578 g/mol. The third-order valence-electron chi connectivity index (χ3n) is 9.00. The second kappa shape index (κ2) is 10.4. The van der Waals surface area contributed by atoms with Crippen molar-refractivity contribution in [2.45, 2.75) is 50.9 Å². The third-order valence-corrected chi connectivity index (χ3v) is 9.00. The van der Waals surface area contributed by atoms with Crippen molar-refractivity contribution in [3.8, 4) is 0 Å². The number of nitrogens with zero attached hydrogens (tertiary/aromatic N) is 4. The predicted octanol–water partition coefficient (Wildman–Crippen LogP) is 4.99. The van der Waals surface area contributed by atoms with E-state index in [1.165, 1.54) is 17.3 Å². The van der Waals surface area contributed by atoms with E-state index in [0.717, 1.165) is 30.3 Å². The summed E-state index contributed by atoms with van der Waals surface area (Å²) in [7, 11) is 0. The highest BCUT2D eigenvalue weighted by Crippen LogP contribution is 2.51. The summed E-state index contributed by atoms with van der Waals surface area (Å²) >= 11 is 0. The molecule has 2 N–H and O–H groups in total. The summed E-state index contributed by atoms with van der Waals surface area (Å²) in [6.45, 7) is 8.97. The van der Waals surface area contributed by atoms with E-state index < -0.39 is 23.7 Å². The quantitative estimate of drug-likeness (QED) is 0.367. The number of fused-ring (bicyclic) bond motifs is 1. The SMILES string of the molecule is C=CC(=O)N1CC(CN[C@H](C)c2cc3c(c(C(F)(F)F)c2)CN(c2cccc(C4(c5ncn[nH]5)CC(C)C4)c2)C3=O)C1. The van der Waals surface area contributed by atoms with E-state index in [1.54, 1.807) is 24.0 Å². The van der Waals surface area contributed by atoms with Crippen LogP contribution in [0.25, 0.3) is 0 Å². The van der Waals surface area contributed by atoms with Crippen molar-refractivity contribution in [1.82, 2.24) is 25.4 Å². The van der Waals surface area contributed by atoms with Crippen LogP contribution in [0.3, 0.4) is 0 Å². The molecule has 2 fully saturated rings. The van der Waals surface area contributed by atoms with Crippen molar-refractivity contribution in [2.24, 2.45) is 11.8 Å². The van der Waals surface area contributed by atoms with Crippen LogP contribution in [0, 0.1) is 11.8 Å². The lowest BCUT2D eigenvalue weighted by Crippen LogP contribution is -2.52. The second-order valence-electron chi connectivity index (χ2n) is 11.9. The molecule has 1 aliphatic carbocycles. The molecule has 2 amide bonds. The fraction of sp³-hybridized carbons (Fsp3) is 0.419. The van der Waals surface area contributed by atoms with Gasteiger partial charge in [0.1, 0.15) is 12.2 Å². The number of nitrogens with one attached hydrogen (secondary N) is 2. The number of carbonyl (C=O) groups excluding carboxylic acids is 2. The third kappa shape index (κ3) is 4.79. The summed E-state index contributed by atoms with van der Waals surface area (Å²) in [4.78, 5) is 32.9. The van der Waals surface area contributed by atoms with E-state index in [-0.39, 0.29) is 34.9 Å². The van der Waals surface area contributed by atoms with Gasteiger partial charge in [-0.2, -0.15) is 18.3 Å². The summed E-state index contributed by atoms with van der Waals surface area (Å²) in [5, 5.41) is 10.3. The Hall–Kier alpha value is -3.99. The molecule has 0 radical (unpaired) electrons. The molecule has 1 atom stereocenters. The molecule has 1 saturated carbocycles. The number of amides is 2. The Kier molecular flexibility index (Phi) is 6.95. The maximum absolute atomic E-state index is 14.3. The van der Waals surface area contributed by atoms with Gasteiger partial charge in [-0.05, 0) is 72.7 Å². The number of carbonyl (C=O) groups is 2. The van der Waals surface area contributed by atoms with Gasteiger partial charge in [0.25, 0.3) is 5.91 Å². The average molecular weight is 579 g/mol. The summed E-state index contributed by atoms with van der Waals surface area (Å²) in [5.74, 6) is 0.863. The van der Waals surface area contributed by atoms with E-state index in [9.17, 15) is 22.8 Å². The Morgan fingerprint density at radius 3 is 2.67 bits per heavy atom. The van der Waals surface area contributed by atoms with Gasteiger partial charge in [-0.3, -0.25) is 14.7 Å². The fourth-order valence-corrected chi connectivity index (χ4v) is 6.71. The maximum atomic E-state index is 14.3. The van der Waals surface area contributed by atoms with Gasteiger partial charge in [0, 0.05) is 42.8 Å². The van der Waals surface area contributed by atoms with Crippen LogP contribution >= 0.6 is 0 Å². The fourth-order valence-electron chi connectivity index (χ4n) is 6.71. The Labute approximate surface area is 242 Å². The van der Waals surface area contributed by atoms with Gasteiger partial charge in [0.2, 0.25) is 5.91 Å². The molecule has 3 heterocycles. The van der Waals surface area contributed by atoms with Gasteiger partial charge < -0.3 is 15.1 Å². The van der Waals surface area contributed by atoms with E-state index in [4.69, 9.17) is 0 Å². The van der Waals surface area contributed by atoms with Crippen LogP contribution in [0.1, 0.15) is 71.2 Å². The number of alkyl halides is 3. The highest BCUT2D eigenvalue weighted by Gasteiger charge is 2.48. The van der Waals surface area contributed by atoms with E-state index in [1.807, 2.05) is 18.2 Å². The Balaban J connectivity index is 1.25. The molecule has 220 valence electrons. The number of anilines is 1. The smallest absolute Gasteiger partial charge is 0.338 e. The number of hydrogen-bond acceptors (Lipinski definition) is 5. The maximum Gasteiger partial charge on any atom is 0.416 e. The van der Waals surface area contributed by atoms with Gasteiger partial charge >= 0.3 is 6.18 Å². The van der Waals surface area contributed by atoms with Gasteiger partial charge in [0.15, 0.2) is 0 Å². The normalized spacial score (nSPS) is 22.9. The average Bonchev–Trinajstić information content (AvgIpc) is 3.57. The number of H-pyrrole nitrogens is 1. The number of aromatic nitrogens is 3. The first-order valence-corrected chi connectivity index (χ1v) is 14.2. The Morgan fingerprint density at radius 1 is 1.26 bits per heavy atom. The Bertz CT molecular complexity index is 1520. The first-order chi connectivity index (χ1) is 20.0. The van der Waals surface area contributed by atoms with Crippen molar-refractivity contribution < 1.29 is 22.8 Å². The lowest BCUT2D eigenvalue weighted by atomic mass is 9.58. The Morgan fingerprint density at radius 2 is 2.02 bits per heavy atom. The molecule has 3 aromatic rings. The molecule has 2 aliphatic heterocycles. The number of halogens is 3. The molecule has 0 spiro atoms. The highest BCUT2D eigenvalue weighted by molar-refractivity contribution is 6.10. The molecule has 0 bridgehead atoms. The van der Waals surface area contributed by atoms with Crippen LogP contribution in [0.15, 0.2) is 55.4 Å². The van der Waals surface area contributed by atoms with Crippen LogP contribution in [-0.2, 0) is 22.9 Å². The molecular formula is C31H33F3N6O2. The molecule has 6 rings (SSSR count). The largest absolute Gasteiger partial charge is 0.416 e. The van der Waals surface area contributed by atoms with Gasteiger partial charge in [-0.15, -0.1) is 0 Å². The van der Waals surface area contributed by atoms with Crippen molar-refractivity contribution >= 4 is 17.5 Å². The van der Waals surface area contributed by atoms with E-state index in [2.05, 4.69) is 34.0 Å².